The van der Waals surface area contributed by atoms with E-state index in [0.717, 1.165) is 21.7 Å². The molecule has 4 rings (SSSR count). The number of fused-ring (bicyclic) bond motifs is 1. The van der Waals surface area contributed by atoms with Gasteiger partial charge in [-0.15, -0.1) is 11.3 Å². The monoisotopic (exact) mass is 313 g/mol. The Morgan fingerprint density at radius 1 is 1.36 bits per heavy atom. The Hall–Kier alpha value is -2.28. The molecule has 22 heavy (non-hydrogen) atoms. The van der Waals surface area contributed by atoms with Gasteiger partial charge in [-0.25, -0.2) is 9.97 Å². The van der Waals surface area contributed by atoms with Crippen molar-refractivity contribution in [3.8, 4) is 0 Å². The largest absolute Gasteiger partial charge is 0.319 e. The molecule has 1 N–H and O–H groups in total. The summed E-state index contributed by atoms with van der Waals surface area (Å²) in [6.45, 7) is 1.95. The third-order valence-corrected chi connectivity index (χ3v) is 4.99. The van der Waals surface area contributed by atoms with Crippen LogP contribution in [0.5, 0.6) is 0 Å². The third-order valence-electron chi connectivity index (χ3n) is 3.79. The number of aromatic nitrogens is 4. The number of nitrogens with zero attached hydrogens (tertiary/aromatic N) is 4. The van der Waals surface area contributed by atoms with E-state index in [0.29, 0.717) is 16.5 Å². The number of carbonyl (C=O) groups is 1. The van der Waals surface area contributed by atoms with Crippen molar-refractivity contribution in [3.05, 3.63) is 34.9 Å². The van der Waals surface area contributed by atoms with Gasteiger partial charge in [-0.05, 0) is 25.8 Å². The Balaban J connectivity index is 1.55. The fourth-order valence-corrected chi connectivity index (χ4v) is 3.48. The lowest BCUT2D eigenvalue weighted by atomic mass is 10.3. The first-order chi connectivity index (χ1) is 10.6. The van der Waals surface area contributed by atoms with Crippen LogP contribution in [0.4, 0.5) is 5.69 Å². The summed E-state index contributed by atoms with van der Waals surface area (Å²) in [6.07, 6.45) is 5.69. The van der Waals surface area contributed by atoms with E-state index in [1.807, 2.05) is 20.0 Å². The van der Waals surface area contributed by atoms with E-state index in [1.54, 1.807) is 17.1 Å². The molecule has 0 bridgehead atoms. The van der Waals surface area contributed by atoms with Crippen LogP contribution >= 0.6 is 11.3 Å². The summed E-state index contributed by atoms with van der Waals surface area (Å²) in [6, 6.07) is 1.89. The maximum atomic E-state index is 12.3. The van der Waals surface area contributed by atoms with Crippen LogP contribution in [0.1, 0.15) is 39.9 Å². The Labute approximate surface area is 131 Å². The van der Waals surface area contributed by atoms with Gasteiger partial charge in [-0.3, -0.25) is 9.48 Å². The van der Waals surface area contributed by atoms with Crippen molar-refractivity contribution in [3.63, 3.8) is 0 Å². The molecule has 1 saturated carbocycles. The molecule has 0 unspecified atom stereocenters. The summed E-state index contributed by atoms with van der Waals surface area (Å²) >= 11 is 1.44. The SMILES string of the molecule is Cc1nn(C)c2sc(C(=O)Nc3cnc(C4CC4)nc3)cc12. The van der Waals surface area contributed by atoms with E-state index in [-0.39, 0.29) is 5.91 Å². The van der Waals surface area contributed by atoms with Crippen molar-refractivity contribution >= 4 is 33.1 Å². The van der Waals surface area contributed by atoms with Gasteiger partial charge in [0.2, 0.25) is 0 Å². The molecule has 1 aliphatic rings. The topological polar surface area (TPSA) is 72.7 Å². The van der Waals surface area contributed by atoms with Gasteiger partial charge < -0.3 is 5.32 Å². The first kappa shape index (κ1) is 13.4. The highest BCUT2D eigenvalue weighted by Crippen LogP contribution is 2.37. The predicted octanol–water partition coefficient (Wildman–Crippen LogP) is 2.86. The molecule has 1 aliphatic carbocycles. The second-order valence-corrected chi connectivity index (χ2v) is 6.63. The minimum Gasteiger partial charge on any atom is -0.319 e. The number of nitrogens with one attached hydrogen (secondary N) is 1. The van der Waals surface area contributed by atoms with Crippen LogP contribution in [0.3, 0.4) is 0 Å². The average molecular weight is 313 g/mol. The van der Waals surface area contributed by atoms with E-state index >= 15 is 0 Å². The summed E-state index contributed by atoms with van der Waals surface area (Å²) in [5.41, 5.74) is 1.56. The Bertz CT molecular complexity index is 826. The number of carbonyl (C=O) groups excluding carboxylic acids is 1. The first-order valence-electron chi connectivity index (χ1n) is 7.18. The summed E-state index contributed by atoms with van der Waals surface area (Å²) in [5, 5.41) is 8.22. The number of aryl methyl sites for hydroxylation is 2. The zero-order valence-corrected chi connectivity index (χ0v) is 13.1. The summed E-state index contributed by atoms with van der Waals surface area (Å²) < 4.78 is 1.81. The number of amides is 1. The molecule has 0 aromatic carbocycles. The smallest absolute Gasteiger partial charge is 0.265 e. The quantitative estimate of drug-likeness (QED) is 0.807. The zero-order valence-electron chi connectivity index (χ0n) is 12.3. The number of anilines is 1. The van der Waals surface area contributed by atoms with Crippen LogP contribution in [-0.4, -0.2) is 25.7 Å². The van der Waals surface area contributed by atoms with Crippen LogP contribution in [0, 0.1) is 6.92 Å². The molecule has 7 heteroatoms. The summed E-state index contributed by atoms with van der Waals surface area (Å²) in [7, 11) is 1.89. The Morgan fingerprint density at radius 2 is 2.09 bits per heavy atom. The number of hydrogen-bond donors (Lipinski definition) is 1. The van der Waals surface area contributed by atoms with E-state index < -0.39 is 0 Å². The summed E-state index contributed by atoms with van der Waals surface area (Å²) in [4.78, 5) is 22.6. The van der Waals surface area contributed by atoms with Gasteiger partial charge in [0, 0.05) is 18.4 Å². The highest BCUT2D eigenvalue weighted by molar-refractivity contribution is 7.20. The number of thiophene rings is 1. The zero-order chi connectivity index (χ0) is 15.3. The highest BCUT2D eigenvalue weighted by Gasteiger charge is 2.26. The van der Waals surface area contributed by atoms with Crippen molar-refractivity contribution in [2.24, 2.45) is 7.05 Å². The second-order valence-electron chi connectivity index (χ2n) is 5.60. The van der Waals surface area contributed by atoms with Crippen molar-refractivity contribution in [2.75, 3.05) is 5.32 Å². The molecule has 6 nitrogen and oxygen atoms in total. The van der Waals surface area contributed by atoms with Gasteiger partial charge in [0.15, 0.2) is 0 Å². The van der Waals surface area contributed by atoms with Crippen LogP contribution < -0.4 is 5.32 Å². The van der Waals surface area contributed by atoms with Gasteiger partial charge in [0.1, 0.15) is 10.7 Å². The lowest BCUT2D eigenvalue weighted by Gasteiger charge is -2.03. The minimum absolute atomic E-state index is 0.136. The van der Waals surface area contributed by atoms with E-state index in [2.05, 4.69) is 20.4 Å². The molecular formula is C15H15N5OS. The molecular weight excluding hydrogens is 298 g/mol. The maximum Gasteiger partial charge on any atom is 0.265 e. The molecule has 3 heterocycles. The molecule has 0 saturated heterocycles. The van der Waals surface area contributed by atoms with Crippen molar-refractivity contribution in [2.45, 2.75) is 25.7 Å². The fourth-order valence-electron chi connectivity index (χ4n) is 2.46. The van der Waals surface area contributed by atoms with Crippen LogP contribution in [0.15, 0.2) is 18.5 Å². The molecule has 1 amide bonds. The molecule has 0 radical (unpaired) electrons. The lowest BCUT2D eigenvalue weighted by Crippen LogP contribution is -2.11. The Morgan fingerprint density at radius 3 is 2.73 bits per heavy atom. The lowest BCUT2D eigenvalue weighted by molar-refractivity contribution is 0.103. The van der Waals surface area contributed by atoms with E-state index in [9.17, 15) is 4.79 Å². The van der Waals surface area contributed by atoms with Crippen molar-refractivity contribution < 1.29 is 4.79 Å². The minimum atomic E-state index is -0.136. The Kier molecular flexibility index (Phi) is 2.97. The molecule has 112 valence electrons. The van der Waals surface area contributed by atoms with Crippen LogP contribution in [0.2, 0.25) is 0 Å². The van der Waals surface area contributed by atoms with Gasteiger partial charge >= 0.3 is 0 Å². The number of hydrogen-bond acceptors (Lipinski definition) is 5. The van der Waals surface area contributed by atoms with Crippen molar-refractivity contribution in [1.29, 1.82) is 0 Å². The van der Waals surface area contributed by atoms with Crippen LogP contribution in [-0.2, 0) is 7.05 Å². The number of rotatable bonds is 3. The van der Waals surface area contributed by atoms with Gasteiger partial charge in [-0.1, -0.05) is 0 Å². The highest BCUT2D eigenvalue weighted by atomic mass is 32.1. The molecule has 0 spiro atoms. The maximum absolute atomic E-state index is 12.3. The fraction of sp³-hybridized carbons (Fsp3) is 0.333. The van der Waals surface area contributed by atoms with Gasteiger partial charge in [0.05, 0.1) is 28.7 Å². The predicted molar refractivity (Wildman–Crippen MR) is 85.3 cm³/mol. The first-order valence-corrected chi connectivity index (χ1v) is 8.00. The standard InChI is InChI=1S/C15H15N5OS/c1-8-11-5-12(22-15(11)20(2)19-8)14(21)18-10-6-16-13(17-7-10)9-3-4-9/h5-7,9H,3-4H2,1-2H3,(H,18,21). The molecule has 1 fully saturated rings. The van der Waals surface area contributed by atoms with E-state index in [4.69, 9.17) is 0 Å². The normalized spacial score (nSPS) is 14.5. The van der Waals surface area contributed by atoms with Gasteiger partial charge in [-0.2, -0.15) is 5.10 Å². The van der Waals surface area contributed by atoms with Crippen molar-refractivity contribution in [1.82, 2.24) is 19.7 Å². The van der Waals surface area contributed by atoms with Crippen LogP contribution in [0.25, 0.3) is 10.2 Å². The third kappa shape index (κ3) is 2.27. The second kappa shape index (κ2) is 4.88. The van der Waals surface area contributed by atoms with Gasteiger partial charge in [0.25, 0.3) is 5.91 Å². The van der Waals surface area contributed by atoms with E-state index in [1.165, 1.54) is 24.2 Å². The average Bonchev–Trinajstić information content (AvgIpc) is 3.18. The summed E-state index contributed by atoms with van der Waals surface area (Å²) in [5.74, 6) is 1.26. The molecule has 0 atom stereocenters. The molecule has 0 aliphatic heterocycles. The molecule has 3 aromatic rings. The molecule has 3 aromatic heterocycles.